The minimum Gasteiger partial charge on any atom is -0.497 e. The van der Waals surface area contributed by atoms with Crippen molar-refractivity contribution in [3.8, 4) is 17.2 Å². The Hall–Kier alpha value is -3.74. The van der Waals surface area contributed by atoms with Gasteiger partial charge in [-0.25, -0.2) is 4.79 Å². The van der Waals surface area contributed by atoms with Gasteiger partial charge in [0.1, 0.15) is 17.2 Å². The molecular formula is C24H23NO6. The van der Waals surface area contributed by atoms with Crippen molar-refractivity contribution in [3.05, 3.63) is 59.5 Å². The van der Waals surface area contributed by atoms with Crippen molar-refractivity contribution in [1.29, 1.82) is 0 Å². The van der Waals surface area contributed by atoms with E-state index in [1.165, 1.54) is 0 Å². The maximum Gasteiger partial charge on any atom is 0.344 e. The van der Waals surface area contributed by atoms with E-state index in [1.54, 1.807) is 45.2 Å². The Morgan fingerprint density at radius 1 is 1.16 bits per heavy atom. The first-order valence-corrected chi connectivity index (χ1v) is 9.89. The summed E-state index contributed by atoms with van der Waals surface area (Å²) in [6.07, 6.45) is 3.45. The number of hydrogen-bond acceptors (Lipinski definition) is 6. The molecule has 0 saturated heterocycles. The zero-order chi connectivity index (χ0) is 22.1. The van der Waals surface area contributed by atoms with Gasteiger partial charge in [-0.15, -0.1) is 0 Å². The van der Waals surface area contributed by atoms with Gasteiger partial charge in [0.25, 0.3) is 0 Å². The van der Waals surface area contributed by atoms with Gasteiger partial charge in [0.05, 0.1) is 18.8 Å². The third-order valence-corrected chi connectivity index (χ3v) is 4.88. The lowest BCUT2D eigenvalue weighted by molar-refractivity contribution is -0.149. The van der Waals surface area contributed by atoms with Gasteiger partial charge >= 0.3 is 5.97 Å². The summed E-state index contributed by atoms with van der Waals surface area (Å²) >= 11 is 0. The Bertz CT molecular complexity index is 1200. The number of rotatable bonds is 6. The summed E-state index contributed by atoms with van der Waals surface area (Å²) in [4.78, 5) is 24.5. The number of esters is 1. The highest BCUT2D eigenvalue weighted by atomic mass is 16.6. The van der Waals surface area contributed by atoms with Gasteiger partial charge in [-0.2, -0.15) is 0 Å². The number of ether oxygens (including phenoxy) is 4. The second-order valence-corrected chi connectivity index (χ2v) is 7.50. The molecule has 3 aromatic rings. The molecule has 7 heteroatoms. The van der Waals surface area contributed by atoms with E-state index in [1.807, 2.05) is 36.0 Å². The van der Waals surface area contributed by atoms with Crippen molar-refractivity contribution in [2.45, 2.75) is 20.0 Å². The first-order chi connectivity index (χ1) is 14.9. The van der Waals surface area contributed by atoms with Crippen LogP contribution in [0.2, 0.25) is 0 Å². The number of fused-ring (bicyclic) bond motifs is 2. The average Bonchev–Trinajstić information content (AvgIpc) is 3.22. The average molecular weight is 421 g/mol. The molecule has 1 aliphatic heterocycles. The molecule has 0 N–H and O–H groups in total. The molecule has 2 heterocycles. The Kier molecular flexibility index (Phi) is 5.42. The molecule has 7 nitrogen and oxygen atoms in total. The van der Waals surface area contributed by atoms with Gasteiger partial charge in [-0.1, -0.05) is 0 Å². The molecule has 31 heavy (non-hydrogen) atoms. The van der Waals surface area contributed by atoms with Crippen LogP contribution in [0.4, 0.5) is 0 Å². The molecule has 1 aromatic heterocycles. The van der Waals surface area contributed by atoms with E-state index < -0.39 is 5.97 Å². The summed E-state index contributed by atoms with van der Waals surface area (Å²) in [5.41, 5.74) is 2.31. The summed E-state index contributed by atoms with van der Waals surface area (Å²) in [7, 11) is 3.56. The van der Waals surface area contributed by atoms with Gasteiger partial charge in [-0.05, 0) is 50.3 Å². The topological polar surface area (TPSA) is 76.0 Å². The highest BCUT2D eigenvalue weighted by molar-refractivity contribution is 6.15. The molecule has 4 rings (SSSR count). The molecule has 0 aliphatic carbocycles. The van der Waals surface area contributed by atoms with Crippen LogP contribution in [0.25, 0.3) is 17.0 Å². The quantitative estimate of drug-likeness (QED) is 0.440. The number of ketones is 1. The second kappa shape index (κ2) is 8.18. The van der Waals surface area contributed by atoms with E-state index in [2.05, 4.69) is 0 Å². The zero-order valence-electron chi connectivity index (χ0n) is 17.8. The lowest BCUT2D eigenvalue weighted by Gasteiger charge is -2.09. The molecule has 0 fully saturated rings. The van der Waals surface area contributed by atoms with Crippen molar-refractivity contribution in [1.82, 2.24) is 4.57 Å². The lowest BCUT2D eigenvalue weighted by Crippen LogP contribution is -2.18. The monoisotopic (exact) mass is 421 g/mol. The van der Waals surface area contributed by atoms with Crippen molar-refractivity contribution in [3.63, 3.8) is 0 Å². The number of aromatic nitrogens is 1. The van der Waals surface area contributed by atoms with E-state index in [-0.39, 0.29) is 24.3 Å². The number of allylic oxidation sites excluding steroid dienone is 1. The highest BCUT2D eigenvalue weighted by Crippen LogP contribution is 2.36. The van der Waals surface area contributed by atoms with E-state index in [0.29, 0.717) is 17.1 Å². The van der Waals surface area contributed by atoms with Gasteiger partial charge < -0.3 is 23.5 Å². The molecule has 2 aromatic carbocycles. The lowest BCUT2D eigenvalue weighted by atomic mass is 10.1. The van der Waals surface area contributed by atoms with E-state index in [9.17, 15) is 9.59 Å². The van der Waals surface area contributed by atoms with Crippen LogP contribution in [0.5, 0.6) is 17.2 Å². The van der Waals surface area contributed by atoms with Crippen molar-refractivity contribution >= 4 is 28.7 Å². The number of benzene rings is 2. The van der Waals surface area contributed by atoms with Crippen molar-refractivity contribution in [2.75, 3.05) is 13.7 Å². The van der Waals surface area contributed by atoms with Gasteiger partial charge in [0, 0.05) is 35.8 Å². The van der Waals surface area contributed by atoms with E-state index >= 15 is 0 Å². The van der Waals surface area contributed by atoms with Crippen LogP contribution >= 0.6 is 0 Å². The number of nitrogens with zero attached hydrogens (tertiary/aromatic N) is 1. The van der Waals surface area contributed by atoms with Crippen LogP contribution in [0.15, 0.2) is 48.4 Å². The van der Waals surface area contributed by atoms with Crippen LogP contribution in [0, 0.1) is 0 Å². The third kappa shape index (κ3) is 4.12. The standard InChI is InChI=1S/C24H23NO6/c1-14(2)30-23(26)13-29-17-5-7-18-21(11-17)31-22(24(18)27)9-15-12-25(3)20-8-6-16(28-4)10-19(15)20/h5-12,14H,13H2,1-4H3. The van der Waals surface area contributed by atoms with E-state index in [0.717, 1.165) is 22.2 Å². The first-order valence-electron chi connectivity index (χ1n) is 9.89. The summed E-state index contributed by atoms with van der Waals surface area (Å²) < 4.78 is 23.7. The Labute approximate surface area is 179 Å². The molecular weight excluding hydrogens is 398 g/mol. The molecule has 0 saturated carbocycles. The van der Waals surface area contributed by atoms with Gasteiger partial charge in [0.15, 0.2) is 12.4 Å². The smallest absolute Gasteiger partial charge is 0.344 e. The first kappa shape index (κ1) is 20.5. The minimum atomic E-state index is -0.459. The van der Waals surface area contributed by atoms with Gasteiger partial charge in [0.2, 0.25) is 5.78 Å². The molecule has 0 spiro atoms. The number of carbonyl (C=O) groups excluding carboxylic acids is 2. The zero-order valence-corrected chi connectivity index (χ0v) is 17.8. The fourth-order valence-electron chi connectivity index (χ4n) is 3.48. The Morgan fingerprint density at radius 2 is 1.94 bits per heavy atom. The van der Waals surface area contributed by atoms with Gasteiger partial charge in [-0.3, -0.25) is 4.79 Å². The SMILES string of the molecule is COc1ccc2c(c1)c(C=C1Oc3cc(OCC(=O)OC(C)C)ccc3C1=O)cn2C. The largest absolute Gasteiger partial charge is 0.497 e. The van der Waals surface area contributed by atoms with E-state index in [4.69, 9.17) is 18.9 Å². The summed E-state index contributed by atoms with van der Waals surface area (Å²) in [6, 6.07) is 10.7. The van der Waals surface area contributed by atoms with Crippen molar-refractivity contribution in [2.24, 2.45) is 7.05 Å². The number of carbonyl (C=O) groups is 2. The van der Waals surface area contributed by atoms with Crippen molar-refractivity contribution < 1.29 is 28.5 Å². The predicted octanol–water partition coefficient (Wildman–Crippen LogP) is 4.13. The summed E-state index contributed by atoms with van der Waals surface area (Å²) in [5, 5.41) is 0.953. The Balaban J connectivity index is 1.57. The highest BCUT2D eigenvalue weighted by Gasteiger charge is 2.28. The summed E-state index contributed by atoms with van der Waals surface area (Å²) in [5.74, 6) is 1.10. The normalized spacial score (nSPS) is 14.1. The maximum atomic E-state index is 12.8. The fourth-order valence-corrected chi connectivity index (χ4v) is 3.48. The number of aryl methyl sites for hydroxylation is 1. The molecule has 0 atom stereocenters. The number of Topliss-reactive ketones (excluding diaryl/α,β-unsaturated/α-hetero) is 1. The molecule has 0 radical (unpaired) electrons. The maximum absolute atomic E-state index is 12.8. The number of methoxy groups -OCH3 is 1. The molecule has 160 valence electrons. The minimum absolute atomic E-state index is 0.208. The summed E-state index contributed by atoms with van der Waals surface area (Å²) in [6.45, 7) is 3.32. The third-order valence-electron chi connectivity index (χ3n) is 4.88. The molecule has 0 bridgehead atoms. The molecule has 0 unspecified atom stereocenters. The number of hydrogen-bond donors (Lipinski definition) is 0. The van der Waals surface area contributed by atoms with Crippen LogP contribution in [0.1, 0.15) is 29.8 Å². The molecule has 0 amide bonds. The Morgan fingerprint density at radius 3 is 2.68 bits per heavy atom. The van der Waals surface area contributed by atoms with Crippen LogP contribution in [-0.4, -0.2) is 36.1 Å². The molecule has 1 aliphatic rings. The second-order valence-electron chi connectivity index (χ2n) is 7.50. The fraction of sp³-hybridized carbons (Fsp3) is 0.250. The van der Waals surface area contributed by atoms with Crippen LogP contribution in [-0.2, 0) is 16.6 Å². The predicted molar refractivity (Wildman–Crippen MR) is 116 cm³/mol. The van der Waals surface area contributed by atoms with Crippen LogP contribution < -0.4 is 14.2 Å². The van der Waals surface area contributed by atoms with Crippen LogP contribution in [0.3, 0.4) is 0 Å².